The zero-order chi connectivity index (χ0) is 12.7. The van der Waals surface area contributed by atoms with Gasteiger partial charge in [-0.25, -0.2) is 4.98 Å². The normalized spacial score (nSPS) is 11.6. The molecule has 0 atom stereocenters. The van der Waals surface area contributed by atoms with Gasteiger partial charge < -0.3 is 15.1 Å². The number of aromatic nitrogens is 1. The van der Waals surface area contributed by atoms with E-state index in [0.717, 1.165) is 29.7 Å². The Kier molecular flexibility index (Phi) is 5.90. The minimum absolute atomic E-state index is 0.549. The van der Waals surface area contributed by atoms with Crippen molar-refractivity contribution in [3.63, 3.8) is 0 Å². The van der Waals surface area contributed by atoms with E-state index in [1.807, 2.05) is 13.8 Å². The van der Waals surface area contributed by atoms with Crippen LogP contribution in [0.4, 0.5) is 0 Å². The Balaban J connectivity index is 2.37. The third-order valence-electron chi connectivity index (χ3n) is 2.30. The number of thioether (sulfide) groups is 1. The van der Waals surface area contributed by atoms with E-state index >= 15 is 0 Å². The number of oxazole rings is 1. The van der Waals surface area contributed by atoms with Crippen LogP contribution in [-0.2, 0) is 6.54 Å². The van der Waals surface area contributed by atoms with Gasteiger partial charge in [0.2, 0.25) is 5.89 Å². The van der Waals surface area contributed by atoms with Gasteiger partial charge >= 0.3 is 0 Å². The smallest absolute Gasteiger partial charge is 0.214 e. The number of guanidine groups is 1. The molecule has 1 rings (SSSR count). The van der Waals surface area contributed by atoms with Gasteiger partial charge in [-0.2, -0.15) is 11.8 Å². The van der Waals surface area contributed by atoms with E-state index in [0.29, 0.717) is 12.4 Å². The molecular weight excluding hydrogens is 236 g/mol. The van der Waals surface area contributed by atoms with E-state index in [4.69, 9.17) is 4.42 Å². The monoisotopic (exact) mass is 256 g/mol. The molecule has 6 heteroatoms. The van der Waals surface area contributed by atoms with E-state index in [1.54, 1.807) is 18.8 Å². The largest absolute Gasteiger partial charge is 0.444 e. The zero-order valence-corrected chi connectivity index (χ0v) is 11.6. The highest BCUT2D eigenvalue weighted by Crippen LogP contribution is 2.07. The lowest BCUT2D eigenvalue weighted by molar-refractivity contribution is 0.464. The topological polar surface area (TPSA) is 62.5 Å². The van der Waals surface area contributed by atoms with Gasteiger partial charge in [0, 0.05) is 19.3 Å². The first-order valence-corrected chi connectivity index (χ1v) is 6.93. The molecule has 0 aliphatic rings. The fourth-order valence-electron chi connectivity index (χ4n) is 1.27. The Morgan fingerprint density at radius 1 is 1.41 bits per heavy atom. The average molecular weight is 256 g/mol. The summed E-state index contributed by atoms with van der Waals surface area (Å²) in [5.41, 5.74) is 0.937. The van der Waals surface area contributed by atoms with Gasteiger partial charge in [-0.15, -0.1) is 0 Å². The van der Waals surface area contributed by atoms with Gasteiger partial charge in [0.25, 0.3) is 0 Å². The molecule has 0 unspecified atom stereocenters. The molecule has 0 bridgehead atoms. The highest BCUT2D eigenvalue weighted by atomic mass is 32.2. The van der Waals surface area contributed by atoms with Crippen LogP contribution >= 0.6 is 11.8 Å². The van der Waals surface area contributed by atoms with Gasteiger partial charge in [-0.05, 0) is 20.1 Å². The van der Waals surface area contributed by atoms with Crippen molar-refractivity contribution in [1.82, 2.24) is 15.6 Å². The number of aryl methyl sites for hydroxylation is 2. The molecule has 0 aliphatic carbocycles. The lowest BCUT2D eigenvalue weighted by Gasteiger charge is -2.09. The van der Waals surface area contributed by atoms with Crippen molar-refractivity contribution in [1.29, 1.82) is 0 Å². The lowest BCUT2D eigenvalue weighted by atomic mass is 10.4. The molecule has 0 saturated carbocycles. The zero-order valence-electron chi connectivity index (χ0n) is 10.8. The first-order chi connectivity index (χ1) is 8.17. The van der Waals surface area contributed by atoms with Crippen LogP contribution in [0.5, 0.6) is 0 Å². The van der Waals surface area contributed by atoms with Crippen molar-refractivity contribution in [3.8, 4) is 0 Å². The van der Waals surface area contributed by atoms with E-state index in [1.165, 1.54) is 0 Å². The molecule has 0 amide bonds. The number of rotatable bonds is 5. The van der Waals surface area contributed by atoms with Crippen molar-refractivity contribution in [2.24, 2.45) is 4.99 Å². The quantitative estimate of drug-likeness (QED) is 0.472. The maximum absolute atomic E-state index is 5.47. The van der Waals surface area contributed by atoms with Crippen LogP contribution in [0.25, 0.3) is 0 Å². The van der Waals surface area contributed by atoms with Crippen molar-refractivity contribution in [3.05, 3.63) is 17.3 Å². The molecule has 96 valence electrons. The first-order valence-electron chi connectivity index (χ1n) is 5.53. The van der Waals surface area contributed by atoms with Gasteiger partial charge in [0.05, 0.1) is 12.2 Å². The molecule has 17 heavy (non-hydrogen) atoms. The standard InChI is InChI=1S/C11H20N4OS/c1-8-9(2)16-10(15-8)7-14-11(12-3)13-5-6-17-4/h5-7H2,1-4H3,(H2,12,13,14). The average Bonchev–Trinajstić information content (AvgIpc) is 2.63. The molecule has 2 N–H and O–H groups in total. The molecule has 0 radical (unpaired) electrons. The van der Waals surface area contributed by atoms with Crippen LogP contribution in [0.15, 0.2) is 9.41 Å². The number of hydrogen-bond donors (Lipinski definition) is 2. The Morgan fingerprint density at radius 3 is 2.71 bits per heavy atom. The predicted octanol–water partition coefficient (Wildman–Crippen LogP) is 1.32. The van der Waals surface area contributed by atoms with Crippen molar-refractivity contribution in [2.45, 2.75) is 20.4 Å². The summed E-state index contributed by atoms with van der Waals surface area (Å²) in [6.07, 6.45) is 2.08. The predicted molar refractivity (Wildman–Crippen MR) is 72.6 cm³/mol. The maximum Gasteiger partial charge on any atom is 0.214 e. The van der Waals surface area contributed by atoms with Gasteiger partial charge in [-0.1, -0.05) is 0 Å². The van der Waals surface area contributed by atoms with Crippen molar-refractivity contribution < 1.29 is 4.42 Å². The minimum Gasteiger partial charge on any atom is -0.444 e. The first kappa shape index (κ1) is 13.9. The molecule has 1 aromatic rings. The Bertz CT molecular complexity index is 356. The SMILES string of the molecule is CN=C(NCCSC)NCc1nc(C)c(C)o1. The van der Waals surface area contributed by atoms with Crippen LogP contribution in [0.3, 0.4) is 0 Å². The number of nitrogens with zero attached hydrogens (tertiary/aromatic N) is 2. The molecule has 1 heterocycles. The second-order valence-electron chi connectivity index (χ2n) is 3.59. The minimum atomic E-state index is 0.549. The van der Waals surface area contributed by atoms with E-state index in [2.05, 4.69) is 26.9 Å². The van der Waals surface area contributed by atoms with Crippen LogP contribution in [0.2, 0.25) is 0 Å². The van der Waals surface area contributed by atoms with Crippen molar-refractivity contribution in [2.75, 3.05) is 25.6 Å². The third kappa shape index (κ3) is 4.68. The summed E-state index contributed by atoms with van der Waals surface area (Å²) in [7, 11) is 1.75. The highest BCUT2D eigenvalue weighted by molar-refractivity contribution is 7.98. The highest BCUT2D eigenvalue weighted by Gasteiger charge is 2.05. The second kappa shape index (κ2) is 7.21. The molecule has 1 aromatic heterocycles. The molecule has 0 saturated heterocycles. The van der Waals surface area contributed by atoms with E-state index in [9.17, 15) is 0 Å². The summed E-state index contributed by atoms with van der Waals surface area (Å²) in [5, 5.41) is 6.37. The molecular formula is C11H20N4OS. The Morgan fingerprint density at radius 2 is 2.18 bits per heavy atom. The summed E-state index contributed by atoms with van der Waals surface area (Å²) >= 11 is 1.80. The number of aliphatic imine (C=N–C) groups is 1. The van der Waals surface area contributed by atoms with Gasteiger partial charge in [-0.3, -0.25) is 4.99 Å². The molecule has 0 aromatic carbocycles. The third-order valence-corrected chi connectivity index (χ3v) is 2.91. The van der Waals surface area contributed by atoms with E-state index in [-0.39, 0.29) is 0 Å². The van der Waals surface area contributed by atoms with Crippen LogP contribution in [-0.4, -0.2) is 36.5 Å². The molecule has 0 spiro atoms. The molecule has 5 nitrogen and oxygen atoms in total. The van der Waals surface area contributed by atoms with Crippen LogP contribution < -0.4 is 10.6 Å². The Hall–Kier alpha value is -1.17. The van der Waals surface area contributed by atoms with Gasteiger partial charge in [0.1, 0.15) is 5.76 Å². The number of nitrogens with one attached hydrogen (secondary N) is 2. The van der Waals surface area contributed by atoms with E-state index < -0.39 is 0 Å². The summed E-state index contributed by atoms with van der Waals surface area (Å²) in [6.45, 7) is 5.29. The summed E-state index contributed by atoms with van der Waals surface area (Å²) < 4.78 is 5.47. The van der Waals surface area contributed by atoms with Crippen molar-refractivity contribution >= 4 is 17.7 Å². The maximum atomic E-state index is 5.47. The number of hydrogen-bond acceptors (Lipinski definition) is 4. The summed E-state index contributed by atoms with van der Waals surface area (Å²) in [4.78, 5) is 8.42. The van der Waals surface area contributed by atoms with Crippen LogP contribution in [0.1, 0.15) is 17.3 Å². The van der Waals surface area contributed by atoms with Crippen LogP contribution in [0, 0.1) is 13.8 Å². The van der Waals surface area contributed by atoms with Gasteiger partial charge in [0.15, 0.2) is 5.96 Å². The molecule has 0 aliphatic heterocycles. The summed E-state index contributed by atoms with van der Waals surface area (Å²) in [5.74, 6) is 3.38. The fourth-order valence-corrected chi connectivity index (χ4v) is 1.57. The molecule has 0 fully saturated rings. The summed E-state index contributed by atoms with van der Waals surface area (Å²) in [6, 6.07) is 0. The fraction of sp³-hybridized carbons (Fsp3) is 0.636. The Labute approximate surface area is 106 Å². The second-order valence-corrected chi connectivity index (χ2v) is 4.58. The lowest BCUT2D eigenvalue weighted by Crippen LogP contribution is -2.38.